The summed E-state index contributed by atoms with van der Waals surface area (Å²) in [6.07, 6.45) is 2.70. The molecule has 2 atom stereocenters. The van der Waals surface area contributed by atoms with Crippen LogP contribution in [0.5, 0.6) is 0 Å². The molecule has 1 aromatic rings. The number of nitrogens with zero attached hydrogens (tertiary/aromatic N) is 3. The molecule has 5 nitrogen and oxygen atoms in total. The van der Waals surface area contributed by atoms with Gasteiger partial charge in [0, 0.05) is 38.3 Å². The minimum absolute atomic E-state index is 0.0455. The van der Waals surface area contributed by atoms with Crippen molar-refractivity contribution in [2.24, 2.45) is 5.92 Å². The first-order chi connectivity index (χ1) is 12.0. The van der Waals surface area contributed by atoms with Gasteiger partial charge in [0.05, 0.1) is 23.8 Å². The van der Waals surface area contributed by atoms with Gasteiger partial charge in [0.1, 0.15) is 0 Å². The van der Waals surface area contributed by atoms with Gasteiger partial charge in [-0.1, -0.05) is 6.07 Å². The van der Waals surface area contributed by atoms with E-state index < -0.39 is 0 Å². The number of amides is 1. The maximum atomic E-state index is 12.6. The molecule has 2 unspecified atom stereocenters. The lowest BCUT2D eigenvalue weighted by molar-refractivity contribution is -0.0728. The molecule has 0 N–H and O–H groups in total. The van der Waals surface area contributed by atoms with E-state index in [1.807, 2.05) is 4.90 Å². The quantitative estimate of drug-likeness (QED) is 0.848. The fraction of sp³-hybridized carbons (Fsp3) is 0.600. The zero-order chi connectivity index (χ0) is 17.8. The first-order valence-electron chi connectivity index (χ1n) is 9.22. The molecule has 0 radical (unpaired) electrons. The van der Waals surface area contributed by atoms with Gasteiger partial charge in [0.25, 0.3) is 5.91 Å². The molecule has 2 aliphatic heterocycles. The second-order valence-electron chi connectivity index (χ2n) is 7.40. The van der Waals surface area contributed by atoms with Crippen LogP contribution in [0.1, 0.15) is 42.6 Å². The van der Waals surface area contributed by atoms with Crippen molar-refractivity contribution in [2.45, 2.75) is 38.9 Å². The fourth-order valence-corrected chi connectivity index (χ4v) is 4.02. The maximum absolute atomic E-state index is 12.6. The summed E-state index contributed by atoms with van der Waals surface area (Å²) >= 11 is 0. The van der Waals surface area contributed by atoms with E-state index in [0.29, 0.717) is 29.3 Å². The SMILES string of the molecule is CC1CN(CC2CCN(C(=O)c3cccc(C#N)c3)CC2)CC(C)O1. The Labute approximate surface area is 150 Å². The van der Waals surface area contributed by atoms with Crippen LogP contribution in [-0.2, 0) is 4.74 Å². The average molecular weight is 341 g/mol. The van der Waals surface area contributed by atoms with Gasteiger partial charge in [-0.2, -0.15) is 5.26 Å². The van der Waals surface area contributed by atoms with E-state index in [-0.39, 0.29) is 5.91 Å². The molecular formula is C20H27N3O2. The van der Waals surface area contributed by atoms with Crippen LogP contribution in [0.25, 0.3) is 0 Å². The third kappa shape index (κ3) is 4.59. The zero-order valence-electron chi connectivity index (χ0n) is 15.1. The standard InChI is InChI=1S/C20H27N3O2/c1-15-12-22(13-16(2)25-15)14-17-6-8-23(9-7-17)20(24)19-5-3-4-18(10-19)11-21/h3-5,10,15-17H,6-9,12-14H2,1-2H3. The monoisotopic (exact) mass is 341 g/mol. The average Bonchev–Trinajstić information content (AvgIpc) is 2.61. The Morgan fingerprint density at radius 2 is 1.92 bits per heavy atom. The van der Waals surface area contributed by atoms with E-state index in [2.05, 4.69) is 24.8 Å². The second kappa shape index (κ2) is 7.99. The van der Waals surface area contributed by atoms with Crippen molar-refractivity contribution >= 4 is 5.91 Å². The summed E-state index contributed by atoms with van der Waals surface area (Å²) in [5.74, 6) is 0.691. The van der Waals surface area contributed by atoms with Gasteiger partial charge in [-0.25, -0.2) is 0 Å². The molecular weight excluding hydrogens is 314 g/mol. The lowest BCUT2D eigenvalue weighted by atomic mass is 9.95. The van der Waals surface area contributed by atoms with Gasteiger partial charge in [0.2, 0.25) is 0 Å². The van der Waals surface area contributed by atoms with Crippen LogP contribution in [0, 0.1) is 17.2 Å². The maximum Gasteiger partial charge on any atom is 0.253 e. The molecule has 0 spiro atoms. The molecule has 2 saturated heterocycles. The number of hydrogen-bond acceptors (Lipinski definition) is 4. The lowest BCUT2D eigenvalue weighted by Crippen LogP contribution is -2.48. The molecule has 134 valence electrons. The minimum Gasteiger partial charge on any atom is -0.373 e. The molecule has 0 saturated carbocycles. The number of carbonyl (C=O) groups is 1. The van der Waals surface area contributed by atoms with Gasteiger partial charge in [-0.3, -0.25) is 9.69 Å². The highest BCUT2D eigenvalue weighted by Gasteiger charge is 2.28. The van der Waals surface area contributed by atoms with Crippen molar-refractivity contribution in [3.63, 3.8) is 0 Å². The van der Waals surface area contributed by atoms with Crippen LogP contribution >= 0.6 is 0 Å². The zero-order valence-corrected chi connectivity index (χ0v) is 15.1. The van der Waals surface area contributed by atoms with Crippen LogP contribution in [0.15, 0.2) is 24.3 Å². The Kier molecular flexibility index (Phi) is 5.72. The highest BCUT2D eigenvalue weighted by Crippen LogP contribution is 2.22. The number of piperidine rings is 1. The summed E-state index contributed by atoms with van der Waals surface area (Å²) in [4.78, 5) is 17.1. The molecule has 0 aromatic heterocycles. The van der Waals surface area contributed by atoms with E-state index in [4.69, 9.17) is 10.00 Å². The number of ether oxygens (including phenoxy) is 1. The van der Waals surface area contributed by atoms with Crippen LogP contribution in [0.3, 0.4) is 0 Å². The van der Waals surface area contributed by atoms with Crippen molar-refractivity contribution in [1.29, 1.82) is 5.26 Å². The van der Waals surface area contributed by atoms with Crippen LogP contribution < -0.4 is 0 Å². The first-order valence-corrected chi connectivity index (χ1v) is 9.22. The van der Waals surface area contributed by atoms with E-state index in [9.17, 15) is 4.79 Å². The van der Waals surface area contributed by atoms with Crippen LogP contribution in [0.4, 0.5) is 0 Å². The summed E-state index contributed by atoms with van der Waals surface area (Å²) in [5.41, 5.74) is 1.16. The number of morpholine rings is 1. The van der Waals surface area contributed by atoms with E-state index in [0.717, 1.165) is 45.6 Å². The van der Waals surface area contributed by atoms with Gasteiger partial charge in [-0.05, 0) is 50.8 Å². The highest BCUT2D eigenvalue weighted by atomic mass is 16.5. The van der Waals surface area contributed by atoms with Crippen molar-refractivity contribution in [1.82, 2.24) is 9.80 Å². The normalized spacial score (nSPS) is 25.6. The van der Waals surface area contributed by atoms with Crippen LogP contribution in [-0.4, -0.2) is 60.6 Å². The molecule has 2 aliphatic rings. The number of likely N-dealkylation sites (tertiary alicyclic amines) is 1. The largest absolute Gasteiger partial charge is 0.373 e. The van der Waals surface area contributed by atoms with Crippen molar-refractivity contribution in [2.75, 3.05) is 32.7 Å². The molecule has 3 rings (SSSR count). The second-order valence-corrected chi connectivity index (χ2v) is 7.40. The summed E-state index contributed by atoms with van der Waals surface area (Å²) in [7, 11) is 0. The summed E-state index contributed by atoms with van der Waals surface area (Å²) in [6, 6.07) is 9.09. The molecule has 25 heavy (non-hydrogen) atoms. The number of nitriles is 1. The number of hydrogen-bond donors (Lipinski definition) is 0. The van der Waals surface area contributed by atoms with E-state index >= 15 is 0 Å². The number of rotatable bonds is 3. The van der Waals surface area contributed by atoms with Gasteiger partial charge >= 0.3 is 0 Å². The minimum atomic E-state index is 0.0455. The number of benzene rings is 1. The summed E-state index contributed by atoms with van der Waals surface area (Å²) in [6.45, 7) is 8.99. The van der Waals surface area contributed by atoms with Crippen molar-refractivity contribution in [3.05, 3.63) is 35.4 Å². The molecule has 5 heteroatoms. The van der Waals surface area contributed by atoms with Gasteiger partial charge in [0.15, 0.2) is 0 Å². The predicted molar refractivity (Wildman–Crippen MR) is 96.2 cm³/mol. The van der Waals surface area contributed by atoms with Gasteiger partial charge in [-0.15, -0.1) is 0 Å². The smallest absolute Gasteiger partial charge is 0.253 e. The van der Waals surface area contributed by atoms with Gasteiger partial charge < -0.3 is 9.64 Å². The molecule has 0 bridgehead atoms. The lowest BCUT2D eigenvalue weighted by Gasteiger charge is -2.39. The Morgan fingerprint density at radius 1 is 1.24 bits per heavy atom. The topological polar surface area (TPSA) is 56.6 Å². The summed E-state index contributed by atoms with van der Waals surface area (Å²) < 4.78 is 5.80. The predicted octanol–water partition coefficient (Wildman–Crippen LogP) is 2.52. The van der Waals surface area contributed by atoms with E-state index in [1.165, 1.54) is 0 Å². The molecule has 2 heterocycles. The highest BCUT2D eigenvalue weighted by molar-refractivity contribution is 5.94. The van der Waals surface area contributed by atoms with Crippen LogP contribution in [0.2, 0.25) is 0 Å². The Hall–Kier alpha value is -1.90. The molecule has 0 aliphatic carbocycles. The van der Waals surface area contributed by atoms with Crippen molar-refractivity contribution < 1.29 is 9.53 Å². The summed E-state index contributed by atoms with van der Waals surface area (Å²) in [5, 5.41) is 8.99. The molecule has 1 aromatic carbocycles. The Bertz CT molecular complexity index is 637. The van der Waals surface area contributed by atoms with E-state index in [1.54, 1.807) is 24.3 Å². The fourth-order valence-electron chi connectivity index (χ4n) is 4.02. The molecule has 1 amide bonds. The van der Waals surface area contributed by atoms with Crippen molar-refractivity contribution in [3.8, 4) is 6.07 Å². The third-order valence-corrected chi connectivity index (χ3v) is 5.15. The Balaban J connectivity index is 1.51. The molecule has 2 fully saturated rings. The number of carbonyl (C=O) groups excluding carboxylic acids is 1. The first kappa shape index (κ1) is 17.9. The Morgan fingerprint density at radius 3 is 2.56 bits per heavy atom. The third-order valence-electron chi connectivity index (χ3n) is 5.15.